The van der Waals surface area contributed by atoms with E-state index in [1.54, 1.807) is 0 Å². The maximum Gasteiger partial charge on any atom is 0.227 e. The molecule has 132 valence electrons. The number of carbonyl (C=O) groups is 1. The molecule has 2 saturated heterocycles. The molecule has 0 spiro atoms. The smallest absolute Gasteiger partial charge is 0.227 e. The van der Waals surface area contributed by atoms with E-state index < -0.39 is 0 Å². The van der Waals surface area contributed by atoms with E-state index in [9.17, 15) is 4.79 Å². The van der Waals surface area contributed by atoms with Gasteiger partial charge in [0.15, 0.2) is 0 Å². The zero-order valence-electron chi connectivity index (χ0n) is 14.8. The molecule has 25 heavy (non-hydrogen) atoms. The molecule has 0 bridgehead atoms. The number of benzene rings is 1. The third-order valence-electron chi connectivity index (χ3n) is 5.65. The van der Waals surface area contributed by atoms with Crippen molar-refractivity contribution in [1.29, 1.82) is 0 Å². The van der Waals surface area contributed by atoms with Crippen molar-refractivity contribution in [3.05, 3.63) is 53.9 Å². The molecule has 3 atom stereocenters. The first-order chi connectivity index (χ1) is 12.2. The Bertz CT molecular complexity index is 726. The van der Waals surface area contributed by atoms with Crippen LogP contribution in [0.2, 0.25) is 0 Å². The highest BCUT2D eigenvalue weighted by atomic mass is 16.2. The third kappa shape index (κ3) is 3.47. The van der Waals surface area contributed by atoms with Gasteiger partial charge in [0.25, 0.3) is 0 Å². The predicted molar refractivity (Wildman–Crippen MR) is 97.1 cm³/mol. The van der Waals surface area contributed by atoms with Crippen molar-refractivity contribution in [3.63, 3.8) is 0 Å². The molecule has 0 saturated carbocycles. The number of carbonyl (C=O) groups excluding carboxylic acids is 1. The van der Waals surface area contributed by atoms with Crippen LogP contribution >= 0.6 is 0 Å². The van der Waals surface area contributed by atoms with Crippen molar-refractivity contribution in [2.75, 3.05) is 26.2 Å². The first-order valence-electron chi connectivity index (χ1n) is 9.22. The fourth-order valence-electron chi connectivity index (χ4n) is 4.30. The third-order valence-corrected chi connectivity index (χ3v) is 5.65. The van der Waals surface area contributed by atoms with Crippen LogP contribution in [0.25, 0.3) is 0 Å². The molecule has 3 heterocycles. The molecule has 1 aromatic carbocycles. The van der Waals surface area contributed by atoms with Crippen LogP contribution in [0.3, 0.4) is 0 Å². The lowest BCUT2D eigenvalue weighted by Gasteiger charge is -2.24. The highest BCUT2D eigenvalue weighted by Gasteiger charge is 2.39. The van der Waals surface area contributed by atoms with Crippen LogP contribution in [-0.2, 0) is 18.3 Å². The largest absolute Gasteiger partial charge is 0.342 e. The molecule has 1 unspecified atom stereocenters. The van der Waals surface area contributed by atoms with Gasteiger partial charge in [-0.1, -0.05) is 30.3 Å². The highest BCUT2D eigenvalue weighted by Crippen LogP contribution is 2.31. The highest BCUT2D eigenvalue weighted by molar-refractivity contribution is 5.81. The van der Waals surface area contributed by atoms with Gasteiger partial charge >= 0.3 is 0 Å². The van der Waals surface area contributed by atoms with Crippen LogP contribution in [0.5, 0.6) is 0 Å². The first-order valence-corrected chi connectivity index (χ1v) is 9.22. The predicted octanol–water partition coefficient (Wildman–Crippen LogP) is 1.81. The Morgan fingerprint density at radius 3 is 2.88 bits per heavy atom. The Hall–Kier alpha value is -2.14. The summed E-state index contributed by atoms with van der Waals surface area (Å²) in [5.74, 6) is 1.18. The van der Waals surface area contributed by atoms with Gasteiger partial charge in [0.05, 0.1) is 12.1 Å². The standard InChI is InChI=1S/C20H26N4O/c1-23-14-17(10-22-23)18-11-21-12-19(18)20(25)24-8-7-16(13-24)9-15-5-3-2-4-6-15/h2-6,10,14,16,18-19,21H,7-9,11-13H2,1H3/t16?,18-,19+/m1/s1. The number of nitrogens with zero attached hydrogens (tertiary/aromatic N) is 3. The van der Waals surface area contributed by atoms with E-state index in [0.29, 0.717) is 11.8 Å². The Labute approximate surface area is 149 Å². The molecule has 1 aromatic heterocycles. The van der Waals surface area contributed by atoms with Crippen molar-refractivity contribution < 1.29 is 4.79 Å². The second kappa shape index (κ2) is 7.00. The van der Waals surface area contributed by atoms with Crippen LogP contribution in [-0.4, -0.2) is 46.8 Å². The lowest BCUT2D eigenvalue weighted by molar-refractivity contribution is -0.134. The Balaban J connectivity index is 1.39. The molecule has 4 rings (SSSR count). The lowest BCUT2D eigenvalue weighted by atomic mass is 9.90. The minimum absolute atomic E-state index is 0.0414. The number of likely N-dealkylation sites (tertiary alicyclic amines) is 1. The van der Waals surface area contributed by atoms with Crippen LogP contribution in [0.4, 0.5) is 0 Å². The van der Waals surface area contributed by atoms with Gasteiger partial charge in [-0.2, -0.15) is 5.10 Å². The second-order valence-electron chi connectivity index (χ2n) is 7.45. The van der Waals surface area contributed by atoms with Gasteiger partial charge in [0.1, 0.15) is 0 Å². The minimum Gasteiger partial charge on any atom is -0.342 e. The molecule has 1 N–H and O–H groups in total. The summed E-state index contributed by atoms with van der Waals surface area (Å²) in [6.45, 7) is 3.43. The van der Waals surface area contributed by atoms with Crippen molar-refractivity contribution in [3.8, 4) is 0 Å². The molecular formula is C20H26N4O. The molecule has 2 aliphatic rings. The first kappa shape index (κ1) is 16.3. The summed E-state index contributed by atoms with van der Waals surface area (Å²) in [4.78, 5) is 15.2. The number of aryl methyl sites for hydroxylation is 1. The molecule has 5 heteroatoms. The van der Waals surface area contributed by atoms with Gasteiger partial charge in [-0.3, -0.25) is 9.48 Å². The number of rotatable bonds is 4. The average molecular weight is 338 g/mol. The molecule has 2 fully saturated rings. The molecule has 1 amide bonds. The van der Waals surface area contributed by atoms with E-state index in [2.05, 4.69) is 45.6 Å². The van der Waals surface area contributed by atoms with E-state index in [4.69, 9.17) is 0 Å². The van der Waals surface area contributed by atoms with Gasteiger partial charge in [-0.15, -0.1) is 0 Å². The topological polar surface area (TPSA) is 50.2 Å². The van der Waals surface area contributed by atoms with Crippen molar-refractivity contribution >= 4 is 5.91 Å². The van der Waals surface area contributed by atoms with Crippen LogP contribution in [0, 0.1) is 11.8 Å². The fourth-order valence-corrected chi connectivity index (χ4v) is 4.30. The number of hydrogen-bond donors (Lipinski definition) is 1. The van der Waals surface area contributed by atoms with Gasteiger partial charge in [-0.05, 0) is 29.9 Å². The second-order valence-corrected chi connectivity index (χ2v) is 7.45. The van der Waals surface area contributed by atoms with E-state index in [-0.39, 0.29) is 11.8 Å². The lowest BCUT2D eigenvalue weighted by Crippen LogP contribution is -2.37. The van der Waals surface area contributed by atoms with E-state index >= 15 is 0 Å². The van der Waals surface area contributed by atoms with Crippen molar-refractivity contribution in [2.24, 2.45) is 18.9 Å². The number of amides is 1. The number of aromatic nitrogens is 2. The zero-order chi connectivity index (χ0) is 17.2. The summed E-state index contributed by atoms with van der Waals surface area (Å²) in [6.07, 6.45) is 6.12. The van der Waals surface area contributed by atoms with Crippen molar-refractivity contribution in [1.82, 2.24) is 20.0 Å². The summed E-state index contributed by atoms with van der Waals surface area (Å²) in [5.41, 5.74) is 2.54. The summed E-state index contributed by atoms with van der Waals surface area (Å²) in [5, 5.41) is 7.68. The Morgan fingerprint density at radius 2 is 2.12 bits per heavy atom. The number of hydrogen-bond acceptors (Lipinski definition) is 3. The molecule has 0 aliphatic carbocycles. The van der Waals surface area contributed by atoms with Crippen molar-refractivity contribution in [2.45, 2.75) is 18.8 Å². The van der Waals surface area contributed by atoms with Crippen LogP contribution < -0.4 is 5.32 Å². The zero-order valence-corrected chi connectivity index (χ0v) is 14.8. The molecule has 0 radical (unpaired) electrons. The van der Waals surface area contributed by atoms with Gasteiger partial charge in [0.2, 0.25) is 5.91 Å². The van der Waals surface area contributed by atoms with E-state index in [1.165, 1.54) is 11.1 Å². The quantitative estimate of drug-likeness (QED) is 0.925. The molecule has 2 aromatic rings. The Morgan fingerprint density at radius 1 is 1.28 bits per heavy atom. The van der Waals surface area contributed by atoms with Gasteiger partial charge in [0, 0.05) is 45.3 Å². The number of nitrogens with one attached hydrogen (secondary N) is 1. The maximum absolute atomic E-state index is 13.1. The minimum atomic E-state index is 0.0414. The fraction of sp³-hybridized carbons (Fsp3) is 0.500. The molecule has 5 nitrogen and oxygen atoms in total. The monoisotopic (exact) mass is 338 g/mol. The van der Waals surface area contributed by atoms with Crippen LogP contribution in [0.15, 0.2) is 42.7 Å². The molecule has 2 aliphatic heterocycles. The summed E-state index contributed by atoms with van der Waals surface area (Å²) < 4.78 is 1.82. The maximum atomic E-state index is 13.1. The van der Waals surface area contributed by atoms with Gasteiger partial charge < -0.3 is 10.2 Å². The van der Waals surface area contributed by atoms with Crippen LogP contribution in [0.1, 0.15) is 23.5 Å². The normalized spacial score (nSPS) is 26.3. The summed E-state index contributed by atoms with van der Waals surface area (Å²) in [7, 11) is 1.93. The average Bonchev–Trinajstić information content (AvgIpc) is 3.35. The van der Waals surface area contributed by atoms with Gasteiger partial charge in [-0.25, -0.2) is 0 Å². The van der Waals surface area contributed by atoms with E-state index in [1.807, 2.05) is 24.1 Å². The summed E-state index contributed by atoms with van der Waals surface area (Å²) >= 11 is 0. The Kier molecular flexibility index (Phi) is 4.57. The summed E-state index contributed by atoms with van der Waals surface area (Å²) in [6, 6.07) is 10.6. The van der Waals surface area contributed by atoms with E-state index in [0.717, 1.165) is 39.0 Å². The SMILES string of the molecule is Cn1cc([C@H]2CNC[C@@H]2C(=O)N2CCC(Cc3ccccc3)C2)cn1. The molecular weight excluding hydrogens is 312 g/mol.